The van der Waals surface area contributed by atoms with Crippen LogP contribution in [0.3, 0.4) is 0 Å². The summed E-state index contributed by atoms with van der Waals surface area (Å²) in [6.45, 7) is 2.55. The SMILES string of the molecule is Cc1ccc(C(=O)NCCCc2ccc(-c3ccc4[nH]ncc4c3)cc2)cn1. The third kappa shape index (κ3) is 4.09. The van der Waals surface area contributed by atoms with Crippen LogP contribution in [0.25, 0.3) is 22.0 Å². The highest BCUT2D eigenvalue weighted by Gasteiger charge is 2.05. The number of rotatable bonds is 6. The summed E-state index contributed by atoms with van der Waals surface area (Å²) < 4.78 is 0. The number of aromatic nitrogens is 3. The minimum Gasteiger partial charge on any atom is -0.352 e. The molecule has 5 nitrogen and oxygen atoms in total. The Balaban J connectivity index is 1.29. The van der Waals surface area contributed by atoms with E-state index in [2.05, 4.69) is 63.0 Å². The highest BCUT2D eigenvalue weighted by molar-refractivity contribution is 5.93. The molecule has 2 heterocycles. The van der Waals surface area contributed by atoms with E-state index in [9.17, 15) is 4.79 Å². The van der Waals surface area contributed by atoms with Gasteiger partial charge in [-0.3, -0.25) is 14.9 Å². The van der Waals surface area contributed by atoms with Crippen LogP contribution in [0.5, 0.6) is 0 Å². The molecule has 0 bridgehead atoms. The fourth-order valence-corrected chi connectivity index (χ4v) is 3.18. The van der Waals surface area contributed by atoms with Crippen LogP contribution in [0.2, 0.25) is 0 Å². The summed E-state index contributed by atoms with van der Waals surface area (Å²) in [5.41, 5.74) is 6.18. The number of H-pyrrole nitrogens is 1. The van der Waals surface area contributed by atoms with Crippen molar-refractivity contribution >= 4 is 16.8 Å². The molecule has 5 heteroatoms. The van der Waals surface area contributed by atoms with Crippen molar-refractivity contribution < 1.29 is 4.79 Å². The second-order valence-corrected chi connectivity index (χ2v) is 6.92. The van der Waals surface area contributed by atoms with Crippen molar-refractivity contribution in [1.29, 1.82) is 0 Å². The van der Waals surface area contributed by atoms with Crippen LogP contribution in [0.4, 0.5) is 0 Å². The molecule has 0 fully saturated rings. The Morgan fingerprint density at radius 2 is 1.82 bits per heavy atom. The van der Waals surface area contributed by atoms with Gasteiger partial charge in [0.25, 0.3) is 5.91 Å². The van der Waals surface area contributed by atoms with Crippen LogP contribution in [0, 0.1) is 6.92 Å². The first-order valence-corrected chi connectivity index (χ1v) is 9.42. The largest absolute Gasteiger partial charge is 0.352 e. The Hall–Kier alpha value is -3.47. The van der Waals surface area contributed by atoms with Crippen LogP contribution in [0.15, 0.2) is 67.0 Å². The van der Waals surface area contributed by atoms with E-state index in [1.807, 2.05) is 19.2 Å². The number of aromatic amines is 1. The summed E-state index contributed by atoms with van der Waals surface area (Å²) in [4.78, 5) is 16.2. The molecule has 0 saturated heterocycles. The molecular weight excluding hydrogens is 348 g/mol. The minimum atomic E-state index is -0.0718. The van der Waals surface area contributed by atoms with Crippen LogP contribution in [-0.2, 0) is 6.42 Å². The van der Waals surface area contributed by atoms with Crippen molar-refractivity contribution in [2.24, 2.45) is 0 Å². The maximum atomic E-state index is 12.1. The van der Waals surface area contributed by atoms with Crippen LogP contribution >= 0.6 is 0 Å². The van der Waals surface area contributed by atoms with E-state index in [0.717, 1.165) is 29.4 Å². The minimum absolute atomic E-state index is 0.0718. The molecule has 0 aliphatic heterocycles. The summed E-state index contributed by atoms with van der Waals surface area (Å²) in [5, 5.41) is 11.1. The van der Waals surface area contributed by atoms with Crippen molar-refractivity contribution in [1.82, 2.24) is 20.5 Å². The Morgan fingerprint density at radius 3 is 2.61 bits per heavy atom. The first kappa shape index (κ1) is 17.9. The number of pyridine rings is 1. The number of nitrogens with zero attached hydrogens (tertiary/aromatic N) is 2. The van der Waals surface area contributed by atoms with Crippen molar-refractivity contribution in [3.8, 4) is 11.1 Å². The third-order valence-electron chi connectivity index (χ3n) is 4.83. The second-order valence-electron chi connectivity index (χ2n) is 6.92. The van der Waals surface area contributed by atoms with Gasteiger partial charge in [0, 0.05) is 23.8 Å². The summed E-state index contributed by atoms with van der Waals surface area (Å²) >= 11 is 0. The number of fused-ring (bicyclic) bond motifs is 1. The molecule has 0 saturated carbocycles. The molecule has 2 aromatic heterocycles. The van der Waals surface area contributed by atoms with E-state index in [1.165, 1.54) is 16.7 Å². The number of hydrogen-bond acceptors (Lipinski definition) is 3. The number of carbonyl (C=O) groups is 1. The van der Waals surface area contributed by atoms with Crippen LogP contribution in [-0.4, -0.2) is 27.6 Å². The Bertz CT molecular complexity index is 1080. The monoisotopic (exact) mass is 370 g/mol. The van der Waals surface area contributed by atoms with Gasteiger partial charge in [-0.05, 0) is 60.7 Å². The zero-order chi connectivity index (χ0) is 19.3. The van der Waals surface area contributed by atoms with Crippen molar-refractivity contribution in [2.75, 3.05) is 6.54 Å². The smallest absolute Gasteiger partial charge is 0.252 e. The summed E-state index contributed by atoms with van der Waals surface area (Å²) in [6, 6.07) is 18.5. The summed E-state index contributed by atoms with van der Waals surface area (Å²) in [5.74, 6) is -0.0718. The molecule has 0 unspecified atom stereocenters. The van der Waals surface area contributed by atoms with Crippen molar-refractivity contribution in [3.63, 3.8) is 0 Å². The molecule has 0 radical (unpaired) electrons. The zero-order valence-electron chi connectivity index (χ0n) is 15.8. The van der Waals surface area contributed by atoms with E-state index in [1.54, 1.807) is 12.3 Å². The van der Waals surface area contributed by atoms with E-state index >= 15 is 0 Å². The maximum Gasteiger partial charge on any atom is 0.252 e. The molecule has 0 atom stereocenters. The van der Waals surface area contributed by atoms with Gasteiger partial charge < -0.3 is 5.32 Å². The second kappa shape index (κ2) is 8.05. The average Bonchev–Trinajstić information content (AvgIpc) is 3.20. The predicted molar refractivity (Wildman–Crippen MR) is 111 cm³/mol. The van der Waals surface area contributed by atoms with Gasteiger partial charge in [0.2, 0.25) is 0 Å². The number of nitrogens with one attached hydrogen (secondary N) is 2. The van der Waals surface area contributed by atoms with Crippen LogP contribution < -0.4 is 5.32 Å². The lowest BCUT2D eigenvalue weighted by molar-refractivity contribution is 0.0953. The van der Waals surface area contributed by atoms with E-state index in [0.29, 0.717) is 12.1 Å². The number of carbonyl (C=O) groups excluding carboxylic acids is 1. The molecule has 2 aromatic carbocycles. The quantitative estimate of drug-likeness (QED) is 0.497. The topological polar surface area (TPSA) is 70.7 Å². The molecule has 140 valence electrons. The van der Waals surface area contributed by atoms with Gasteiger partial charge in [-0.2, -0.15) is 5.10 Å². The van der Waals surface area contributed by atoms with Gasteiger partial charge in [-0.25, -0.2) is 0 Å². The molecule has 1 amide bonds. The number of benzene rings is 2. The normalized spacial score (nSPS) is 10.9. The third-order valence-corrected chi connectivity index (χ3v) is 4.83. The molecule has 0 spiro atoms. The molecule has 4 aromatic rings. The van der Waals surface area contributed by atoms with Gasteiger partial charge in [0.05, 0.1) is 17.3 Å². The zero-order valence-corrected chi connectivity index (χ0v) is 15.8. The number of amides is 1. The standard InChI is InChI=1S/C23H22N4O/c1-16-4-7-20(14-25-16)23(28)24-12-2-3-17-5-8-18(9-6-17)19-10-11-22-21(13-19)15-26-27-22/h4-11,13-15H,2-3,12H2,1H3,(H,24,28)(H,26,27). The van der Waals surface area contributed by atoms with Gasteiger partial charge in [0.1, 0.15) is 0 Å². The summed E-state index contributed by atoms with van der Waals surface area (Å²) in [7, 11) is 0. The molecule has 4 rings (SSSR count). The van der Waals surface area contributed by atoms with Crippen molar-refractivity contribution in [3.05, 3.63) is 83.8 Å². The van der Waals surface area contributed by atoms with Gasteiger partial charge in [-0.15, -0.1) is 0 Å². The summed E-state index contributed by atoms with van der Waals surface area (Å²) in [6.07, 6.45) is 5.28. The Kier molecular flexibility index (Phi) is 5.15. The molecule has 2 N–H and O–H groups in total. The molecule has 28 heavy (non-hydrogen) atoms. The number of aryl methyl sites for hydroxylation is 2. The molecule has 0 aliphatic rings. The molecular formula is C23H22N4O. The van der Waals surface area contributed by atoms with Gasteiger partial charge in [-0.1, -0.05) is 30.3 Å². The van der Waals surface area contributed by atoms with Crippen LogP contribution in [0.1, 0.15) is 28.0 Å². The Labute approximate surface area is 163 Å². The van der Waals surface area contributed by atoms with E-state index < -0.39 is 0 Å². The van der Waals surface area contributed by atoms with E-state index in [-0.39, 0.29) is 5.91 Å². The highest BCUT2D eigenvalue weighted by Crippen LogP contribution is 2.24. The first-order valence-electron chi connectivity index (χ1n) is 9.42. The lowest BCUT2D eigenvalue weighted by atomic mass is 10.0. The lowest BCUT2D eigenvalue weighted by Crippen LogP contribution is -2.24. The van der Waals surface area contributed by atoms with Gasteiger partial charge in [0.15, 0.2) is 0 Å². The number of hydrogen-bond donors (Lipinski definition) is 2. The average molecular weight is 370 g/mol. The van der Waals surface area contributed by atoms with Gasteiger partial charge >= 0.3 is 0 Å². The highest BCUT2D eigenvalue weighted by atomic mass is 16.1. The Morgan fingerprint density at radius 1 is 1.00 bits per heavy atom. The predicted octanol–water partition coefficient (Wildman–Crippen LogP) is 4.30. The maximum absolute atomic E-state index is 12.1. The van der Waals surface area contributed by atoms with Crippen molar-refractivity contribution in [2.45, 2.75) is 19.8 Å². The van der Waals surface area contributed by atoms with E-state index in [4.69, 9.17) is 0 Å². The fourth-order valence-electron chi connectivity index (χ4n) is 3.18. The molecule has 0 aliphatic carbocycles. The fraction of sp³-hybridized carbons (Fsp3) is 0.174. The first-order chi connectivity index (χ1) is 13.7. The lowest BCUT2D eigenvalue weighted by Gasteiger charge is -2.07.